The first-order chi connectivity index (χ1) is 7.19. The number of rotatable bonds is 5. The van der Waals surface area contributed by atoms with E-state index in [1.165, 1.54) is 11.1 Å². The van der Waals surface area contributed by atoms with Crippen molar-refractivity contribution in [3.63, 3.8) is 0 Å². The van der Waals surface area contributed by atoms with E-state index in [0.29, 0.717) is 6.54 Å². The average molecular weight is 271 g/mol. The molecule has 1 atom stereocenters. The molecule has 1 aromatic carbocycles. The van der Waals surface area contributed by atoms with Crippen LogP contribution >= 0.6 is 15.9 Å². The van der Waals surface area contributed by atoms with Crippen molar-refractivity contribution in [2.75, 3.05) is 13.1 Å². The lowest BCUT2D eigenvalue weighted by Crippen LogP contribution is -2.29. The second kappa shape index (κ2) is 6.26. The minimum Gasteiger partial charge on any atom is -0.329 e. The lowest BCUT2D eigenvalue weighted by atomic mass is 10.1. The van der Waals surface area contributed by atoms with E-state index in [1.54, 1.807) is 0 Å². The molecular weight excluding hydrogens is 252 g/mol. The van der Waals surface area contributed by atoms with Crippen LogP contribution in [0.2, 0.25) is 0 Å². The van der Waals surface area contributed by atoms with Crippen LogP contribution in [-0.2, 0) is 0 Å². The molecule has 0 spiro atoms. The molecule has 0 bridgehead atoms. The van der Waals surface area contributed by atoms with Crippen molar-refractivity contribution in [1.82, 2.24) is 5.32 Å². The molecule has 3 N–H and O–H groups in total. The predicted octanol–water partition coefficient (Wildman–Crippen LogP) is 2.76. The fourth-order valence-electron chi connectivity index (χ4n) is 1.55. The molecule has 0 saturated heterocycles. The van der Waals surface area contributed by atoms with Gasteiger partial charge in [0.25, 0.3) is 0 Å². The zero-order valence-electron chi connectivity index (χ0n) is 9.39. The van der Waals surface area contributed by atoms with Crippen LogP contribution < -0.4 is 11.1 Å². The highest BCUT2D eigenvalue weighted by molar-refractivity contribution is 9.10. The number of hydrogen-bond acceptors (Lipinski definition) is 2. The fourth-order valence-corrected chi connectivity index (χ4v) is 2.32. The van der Waals surface area contributed by atoms with Crippen molar-refractivity contribution >= 4 is 15.9 Å². The number of nitrogens with one attached hydrogen (secondary N) is 1. The van der Waals surface area contributed by atoms with Crippen LogP contribution in [0.25, 0.3) is 0 Å². The molecule has 0 aliphatic carbocycles. The maximum Gasteiger partial charge on any atom is 0.0455 e. The van der Waals surface area contributed by atoms with E-state index in [0.717, 1.165) is 17.4 Å². The number of benzene rings is 1. The molecule has 0 aliphatic rings. The highest BCUT2D eigenvalue weighted by Crippen LogP contribution is 2.24. The quantitative estimate of drug-likeness (QED) is 0.864. The molecular formula is C12H19BrN2. The smallest absolute Gasteiger partial charge is 0.0455 e. The van der Waals surface area contributed by atoms with Gasteiger partial charge in [-0.3, -0.25) is 0 Å². The summed E-state index contributed by atoms with van der Waals surface area (Å²) in [6, 6.07) is 6.64. The molecule has 0 saturated carbocycles. The molecule has 0 heterocycles. The van der Waals surface area contributed by atoms with E-state index in [1.807, 2.05) is 0 Å². The topological polar surface area (TPSA) is 38.0 Å². The van der Waals surface area contributed by atoms with Crippen LogP contribution in [0.4, 0.5) is 0 Å². The number of hydrogen-bond donors (Lipinski definition) is 2. The molecule has 0 radical (unpaired) electrons. The highest BCUT2D eigenvalue weighted by Gasteiger charge is 2.11. The van der Waals surface area contributed by atoms with Crippen molar-refractivity contribution in [3.05, 3.63) is 33.8 Å². The molecule has 0 aromatic heterocycles. The zero-order chi connectivity index (χ0) is 11.3. The Morgan fingerprint density at radius 1 is 1.47 bits per heavy atom. The monoisotopic (exact) mass is 270 g/mol. The first-order valence-electron chi connectivity index (χ1n) is 5.38. The standard InChI is InChI=1S/C12H19BrN2/c1-3-6-15-12(8-14)10-5-4-9(2)7-11(10)13/h4-5,7,12,15H,3,6,8,14H2,1-2H3. The van der Waals surface area contributed by atoms with Crippen LogP contribution in [0.3, 0.4) is 0 Å². The lowest BCUT2D eigenvalue weighted by Gasteiger charge is -2.18. The Hall–Kier alpha value is -0.380. The number of halogens is 1. The first-order valence-corrected chi connectivity index (χ1v) is 6.17. The summed E-state index contributed by atoms with van der Waals surface area (Å²) in [7, 11) is 0. The van der Waals surface area contributed by atoms with Gasteiger partial charge in [0.15, 0.2) is 0 Å². The Balaban J connectivity index is 2.81. The van der Waals surface area contributed by atoms with E-state index >= 15 is 0 Å². The summed E-state index contributed by atoms with van der Waals surface area (Å²) in [5.41, 5.74) is 8.28. The van der Waals surface area contributed by atoms with Crippen LogP contribution in [0, 0.1) is 6.92 Å². The Morgan fingerprint density at radius 3 is 2.73 bits per heavy atom. The molecule has 0 amide bonds. The second-order valence-electron chi connectivity index (χ2n) is 3.77. The van der Waals surface area contributed by atoms with Gasteiger partial charge in [0.1, 0.15) is 0 Å². The van der Waals surface area contributed by atoms with E-state index < -0.39 is 0 Å². The fraction of sp³-hybridized carbons (Fsp3) is 0.500. The van der Waals surface area contributed by atoms with Crippen LogP contribution in [0.15, 0.2) is 22.7 Å². The molecule has 15 heavy (non-hydrogen) atoms. The molecule has 1 aromatic rings. The Morgan fingerprint density at radius 2 is 2.20 bits per heavy atom. The van der Waals surface area contributed by atoms with Crippen molar-refractivity contribution in [3.8, 4) is 0 Å². The second-order valence-corrected chi connectivity index (χ2v) is 4.62. The van der Waals surface area contributed by atoms with Gasteiger partial charge in [-0.1, -0.05) is 35.0 Å². The molecule has 3 heteroatoms. The summed E-state index contributed by atoms with van der Waals surface area (Å²) in [5, 5.41) is 3.44. The third kappa shape index (κ3) is 3.59. The van der Waals surface area contributed by atoms with Crippen LogP contribution in [0.5, 0.6) is 0 Å². The molecule has 84 valence electrons. The van der Waals surface area contributed by atoms with E-state index in [4.69, 9.17) is 5.73 Å². The van der Waals surface area contributed by atoms with Gasteiger partial charge in [0, 0.05) is 17.1 Å². The SMILES string of the molecule is CCCNC(CN)c1ccc(C)cc1Br. The van der Waals surface area contributed by atoms with Gasteiger partial charge in [-0.2, -0.15) is 0 Å². The van der Waals surface area contributed by atoms with Gasteiger partial charge in [-0.15, -0.1) is 0 Å². The van der Waals surface area contributed by atoms with Gasteiger partial charge in [-0.05, 0) is 37.1 Å². The molecule has 1 rings (SSSR count). The van der Waals surface area contributed by atoms with Crippen molar-refractivity contribution in [2.45, 2.75) is 26.3 Å². The predicted molar refractivity (Wildman–Crippen MR) is 69.0 cm³/mol. The zero-order valence-corrected chi connectivity index (χ0v) is 11.0. The van der Waals surface area contributed by atoms with E-state index in [-0.39, 0.29) is 6.04 Å². The Kier molecular flexibility index (Phi) is 5.29. The van der Waals surface area contributed by atoms with Crippen LogP contribution in [0.1, 0.15) is 30.5 Å². The molecule has 0 fully saturated rings. The van der Waals surface area contributed by atoms with Crippen LogP contribution in [-0.4, -0.2) is 13.1 Å². The third-order valence-electron chi connectivity index (χ3n) is 2.41. The molecule has 0 aliphatic heterocycles. The summed E-state index contributed by atoms with van der Waals surface area (Å²) < 4.78 is 1.14. The van der Waals surface area contributed by atoms with Gasteiger partial charge in [0.05, 0.1) is 0 Å². The van der Waals surface area contributed by atoms with Crippen molar-refractivity contribution in [1.29, 1.82) is 0 Å². The summed E-state index contributed by atoms with van der Waals surface area (Å²) in [6.45, 7) is 5.88. The summed E-state index contributed by atoms with van der Waals surface area (Å²) in [4.78, 5) is 0. The Bertz CT molecular complexity index is 312. The Labute approximate surface area is 100 Å². The third-order valence-corrected chi connectivity index (χ3v) is 3.09. The molecule has 2 nitrogen and oxygen atoms in total. The number of nitrogens with two attached hydrogens (primary N) is 1. The van der Waals surface area contributed by atoms with E-state index in [9.17, 15) is 0 Å². The summed E-state index contributed by atoms with van der Waals surface area (Å²) in [5.74, 6) is 0. The maximum atomic E-state index is 5.77. The molecule has 1 unspecified atom stereocenters. The minimum atomic E-state index is 0.250. The van der Waals surface area contributed by atoms with Crippen molar-refractivity contribution in [2.24, 2.45) is 5.73 Å². The van der Waals surface area contributed by atoms with Gasteiger partial charge < -0.3 is 11.1 Å². The van der Waals surface area contributed by atoms with Gasteiger partial charge in [-0.25, -0.2) is 0 Å². The normalized spacial score (nSPS) is 12.8. The minimum absolute atomic E-state index is 0.250. The number of aryl methyl sites for hydroxylation is 1. The largest absolute Gasteiger partial charge is 0.329 e. The lowest BCUT2D eigenvalue weighted by molar-refractivity contribution is 0.538. The van der Waals surface area contributed by atoms with Crippen molar-refractivity contribution < 1.29 is 0 Å². The maximum absolute atomic E-state index is 5.77. The highest BCUT2D eigenvalue weighted by atomic mass is 79.9. The summed E-state index contributed by atoms with van der Waals surface area (Å²) >= 11 is 3.58. The van der Waals surface area contributed by atoms with Gasteiger partial charge >= 0.3 is 0 Å². The summed E-state index contributed by atoms with van der Waals surface area (Å²) in [6.07, 6.45) is 1.12. The first kappa shape index (κ1) is 12.7. The van der Waals surface area contributed by atoms with E-state index in [2.05, 4.69) is 53.3 Å². The average Bonchev–Trinajstić information content (AvgIpc) is 2.21. The van der Waals surface area contributed by atoms with Gasteiger partial charge in [0.2, 0.25) is 0 Å².